The quantitative estimate of drug-likeness (QED) is 0.780. The fraction of sp³-hybridized carbons (Fsp3) is 0.389. The second-order valence-electron chi connectivity index (χ2n) is 6.24. The number of benzene rings is 1. The van der Waals surface area contributed by atoms with E-state index in [4.69, 9.17) is 10.3 Å². The zero-order valence-corrected chi connectivity index (χ0v) is 14.6. The first-order chi connectivity index (χ1) is 11.5. The van der Waals surface area contributed by atoms with E-state index in [0.29, 0.717) is 18.3 Å². The highest BCUT2D eigenvalue weighted by atomic mass is 16.5. The van der Waals surface area contributed by atoms with Crippen molar-refractivity contribution in [1.29, 1.82) is 0 Å². The second-order valence-corrected chi connectivity index (χ2v) is 6.24. The Labute approximate surface area is 141 Å². The largest absolute Gasteiger partial charge is 0.339 e. The van der Waals surface area contributed by atoms with Gasteiger partial charge in [-0.3, -0.25) is 4.68 Å². The summed E-state index contributed by atoms with van der Waals surface area (Å²) in [5.74, 6) is 1.40. The van der Waals surface area contributed by atoms with E-state index in [-0.39, 0.29) is 5.92 Å². The van der Waals surface area contributed by atoms with E-state index in [0.717, 1.165) is 23.2 Å². The minimum absolute atomic E-state index is 0.135. The average Bonchev–Trinajstić information content (AvgIpc) is 3.16. The topological polar surface area (TPSA) is 82.8 Å². The van der Waals surface area contributed by atoms with Crippen LogP contribution in [0.25, 0.3) is 11.4 Å². The third kappa shape index (κ3) is 3.10. The van der Waals surface area contributed by atoms with E-state index in [2.05, 4.69) is 29.1 Å². The highest BCUT2D eigenvalue weighted by Crippen LogP contribution is 2.25. The minimum atomic E-state index is 0.135. The lowest BCUT2D eigenvalue weighted by Crippen LogP contribution is -2.02. The van der Waals surface area contributed by atoms with Crippen LogP contribution in [0.5, 0.6) is 0 Å². The number of aryl methyl sites for hydroxylation is 2. The summed E-state index contributed by atoms with van der Waals surface area (Å²) in [6, 6.07) is 7.90. The fourth-order valence-electron chi connectivity index (χ4n) is 2.85. The Hall–Kier alpha value is -2.47. The first-order valence-electron chi connectivity index (χ1n) is 8.11. The molecule has 0 saturated carbocycles. The van der Waals surface area contributed by atoms with Gasteiger partial charge in [0.25, 0.3) is 0 Å². The molecule has 3 rings (SSSR count). The molecule has 0 spiro atoms. The van der Waals surface area contributed by atoms with Crippen molar-refractivity contribution in [2.24, 2.45) is 12.8 Å². The molecule has 2 N–H and O–H groups in total. The molecule has 0 fully saturated rings. The van der Waals surface area contributed by atoms with Gasteiger partial charge in [-0.15, -0.1) is 0 Å². The summed E-state index contributed by atoms with van der Waals surface area (Å²) in [7, 11) is 1.96. The van der Waals surface area contributed by atoms with Crippen LogP contribution < -0.4 is 5.73 Å². The maximum Gasteiger partial charge on any atom is 0.230 e. The zero-order valence-electron chi connectivity index (χ0n) is 14.6. The maximum atomic E-state index is 5.63. The molecular formula is C18H23N5O. The molecule has 0 amide bonds. The number of rotatable bonds is 5. The van der Waals surface area contributed by atoms with Gasteiger partial charge in [0, 0.05) is 30.8 Å². The Morgan fingerprint density at radius 3 is 2.50 bits per heavy atom. The van der Waals surface area contributed by atoms with Gasteiger partial charge in [0.1, 0.15) is 0 Å². The number of aromatic nitrogens is 4. The summed E-state index contributed by atoms with van der Waals surface area (Å²) >= 11 is 0. The first-order valence-corrected chi connectivity index (χ1v) is 8.11. The van der Waals surface area contributed by atoms with Gasteiger partial charge in [0.2, 0.25) is 11.7 Å². The van der Waals surface area contributed by atoms with Crippen LogP contribution in [0.1, 0.15) is 41.2 Å². The van der Waals surface area contributed by atoms with Crippen molar-refractivity contribution in [3.05, 3.63) is 52.7 Å². The second kappa shape index (κ2) is 6.57. The highest BCUT2D eigenvalue weighted by molar-refractivity contribution is 5.54. The summed E-state index contributed by atoms with van der Waals surface area (Å²) < 4.78 is 7.40. The number of nitrogens with two attached hydrogens (primary N) is 1. The Bertz CT molecular complexity index is 832. The maximum absolute atomic E-state index is 5.63. The van der Waals surface area contributed by atoms with E-state index in [1.54, 1.807) is 0 Å². The molecule has 6 heteroatoms. The molecular weight excluding hydrogens is 302 g/mol. The third-order valence-electron chi connectivity index (χ3n) is 4.48. The van der Waals surface area contributed by atoms with Crippen molar-refractivity contribution in [3.8, 4) is 11.4 Å². The van der Waals surface area contributed by atoms with Gasteiger partial charge < -0.3 is 10.3 Å². The van der Waals surface area contributed by atoms with Crippen LogP contribution in [0.2, 0.25) is 0 Å². The molecule has 6 nitrogen and oxygen atoms in total. The molecule has 1 unspecified atom stereocenters. The van der Waals surface area contributed by atoms with Gasteiger partial charge in [0.15, 0.2) is 0 Å². The van der Waals surface area contributed by atoms with Crippen LogP contribution >= 0.6 is 0 Å². The molecule has 126 valence electrons. The van der Waals surface area contributed by atoms with Crippen molar-refractivity contribution in [3.63, 3.8) is 0 Å². The number of nitrogens with zero attached hydrogens (tertiary/aromatic N) is 4. The van der Waals surface area contributed by atoms with E-state index in [1.165, 1.54) is 11.3 Å². The first kappa shape index (κ1) is 16.4. The normalized spacial score (nSPS) is 12.5. The van der Waals surface area contributed by atoms with Crippen LogP contribution in [0.3, 0.4) is 0 Å². The van der Waals surface area contributed by atoms with Crippen LogP contribution in [0, 0.1) is 13.8 Å². The van der Waals surface area contributed by atoms with Crippen LogP contribution in [-0.4, -0.2) is 19.9 Å². The summed E-state index contributed by atoms with van der Waals surface area (Å²) in [6.45, 7) is 6.74. The van der Waals surface area contributed by atoms with E-state index < -0.39 is 0 Å². The highest BCUT2D eigenvalue weighted by Gasteiger charge is 2.19. The predicted molar refractivity (Wildman–Crippen MR) is 92.4 cm³/mol. The smallest absolute Gasteiger partial charge is 0.230 e. The lowest BCUT2D eigenvalue weighted by Gasteiger charge is -2.07. The summed E-state index contributed by atoms with van der Waals surface area (Å²) in [5.41, 5.74) is 11.1. The summed E-state index contributed by atoms with van der Waals surface area (Å²) in [6.07, 6.45) is 0.833. The van der Waals surface area contributed by atoms with Crippen molar-refractivity contribution >= 4 is 0 Å². The van der Waals surface area contributed by atoms with Crippen LogP contribution in [-0.2, 0) is 20.0 Å². The SMILES string of the molecule is Cc1nn(C)c(C)c1CC(C)c1nc(-c2ccc(CN)cc2)no1. The summed E-state index contributed by atoms with van der Waals surface area (Å²) in [4.78, 5) is 4.56. The Morgan fingerprint density at radius 1 is 1.21 bits per heavy atom. The van der Waals surface area contributed by atoms with Gasteiger partial charge in [-0.2, -0.15) is 10.1 Å². The van der Waals surface area contributed by atoms with Gasteiger partial charge in [-0.05, 0) is 31.4 Å². The molecule has 1 atom stereocenters. The molecule has 0 aliphatic heterocycles. The predicted octanol–water partition coefficient (Wildman–Crippen LogP) is 2.89. The van der Waals surface area contributed by atoms with Crippen LogP contribution in [0.4, 0.5) is 0 Å². The number of hydrogen-bond acceptors (Lipinski definition) is 5. The molecule has 2 aromatic heterocycles. The molecule has 0 bridgehead atoms. The number of hydrogen-bond donors (Lipinski definition) is 1. The molecule has 0 radical (unpaired) electrons. The van der Waals surface area contributed by atoms with Gasteiger partial charge in [-0.1, -0.05) is 36.3 Å². The molecule has 24 heavy (non-hydrogen) atoms. The molecule has 1 aromatic carbocycles. The third-order valence-corrected chi connectivity index (χ3v) is 4.48. The lowest BCUT2D eigenvalue weighted by molar-refractivity contribution is 0.358. The van der Waals surface area contributed by atoms with Gasteiger partial charge in [-0.25, -0.2) is 0 Å². The Kier molecular flexibility index (Phi) is 4.49. The average molecular weight is 325 g/mol. The van der Waals surface area contributed by atoms with Crippen molar-refractivity contribution < 1.29 is 4.52 Å². The Morgan fingerprint density at radius 2 is 1.92 bits per heavy atom. The van der Waals surface area contributed by atoms with E-state index in [1.807, 2.05) is 42.9 Å². The molecule has 3 aromatic rings. The van der Waals surface area contributed by atoms with Crippen LogP contribution in [0.15, 0.2) is 28.8 Å². The van der Waals surface area contributed by atoms with Gasteiger partial charge in [0.05, 0.1) is 5.69 Å². The van der Waals surface area contributed by atoms with E-state index >= 15 is 0 Å². The molecule has 0 aliphatic carbocycles. The van der Waals surface area contributed by atoms with Gasteiger partial charge >= 0.3 is 0 Å². The summed E-state index contributed by atoms with van der Waals surface area (Å²) in [5, 5.41) is 8.58. The molecule has 0 aliphatic rings. The van der Waals surface area contributed by atoms with E-state index in [9.17, 15) is 0 Å². The molecule has 2 heterocycles. The zero-order chi connectivity index (χ0) is 17.3. The Balaban J connectivity index is 1.79. The van der Waals surface area contributed by atoms with Crippen molar-refractivity contribution in [2.45, 2.75) is 39.7 Å². The van der Waals surface area contributed by atoms with Crippen molar-refractivity contribution in [2.75, 3.05) is 0 Å². The minimum Gasteiger partial charge on any atom is -0.339 e. The lowest BCUT2D eigenvalue weighted by atomic mass is 9.99. The molecule has 0 saturated heterocycles. The fourth-order valence-corrected chi connectivity index (χ4v) is 2.85. The van der Waals surface area contributed by atoms with Crippen molar-refractivity contribution in [1.82, 2.24) is 19.9 Å². The monoisotopic (exact) mass is 325 g/mol. The standard InChI is InChI=1S/C18H23N5O/c1-11(9-16-12(2)21-23(4)13(16)3)18-20-17(22-24-18)15-7-5-14(10-19)6-8-15/h5-8,11H,9-10,19H2,1-4H3.